The summed E-state index contributed by atoms with van der Waals surface area (Å²) in [5.74, 6) is -0.197. The van der Waals surface area contributed by atoms with Crippen LogP contribution in [0.3, 0.4) is 0 Å². The monoisotopic (exact) mass is 627 g/mol. The molecule has 0 aliphatic carbocycles. The number of hydrogen-bond acceptors (Lipinski definition) is 8. The number of nitrogens with one attached hydrogen (secondary N) is 1. The molecule has 9 heteroatoms. The summed E-state index contributed by atoms with van der Waals surface area (Å²) in [6.07, 6.45) is 21.0. The van der Waals surface area contributed by atoms with Gasteiger partial charge < -0.3 is 40.3 Å². The van der Waals surface area contributed by atoms with Gasteiger partial charge in [-0.1, -0.05) is 122 Å². The molecule has 44 heavy (non-hydrogen) atoms. The Kier molecular flexibility index (Phi) is 24.8. The number of unbranched alkanes of at least 4 members (excludes halogenated alkanes) is 15. The van der Waals surface area contributed by atoms with Gasteiger partial charge in [0.05, 0.1) is 25.4 Å². The van der Waals surface area contributed by atoms with Gasteiger partial charge in [0.2, 0.25) is 5.91 Å². The van der Waals surface area contributed by atoms with Crippen LogP contribution in [0.4, 0.5) is 0 Å². The highest BCUT2D eigenvalue weighted by Gasteiger charge is 2.44. The van der Waals surface area contributed by atoms with Crippen LogP contribution in [-0.4, -0.2) is 87.5 Å². The van der Waals surface area contributed by atoms with Crippen LogP contribution in [0.5, 0.6) is 0 Å². The molecule has 1 aliphatic rings. The third kappa shape index (κ3) is 18.6. The Bertz CT molecular complexity index is 746. The van der Waals surface area contributed by atoms with Crippen LogP contribution >= 0.6 is 0 Å². The fraction of sp³-hybridized carbons (Fsp3) is 0.857. The van der Waals surface area contributed by atoms with Gasteiger partial charge >= 0.3 is 0 Å². The molecule has 1 amide bonds. The molecule has 6 N–H and O–H groups in total. The minimum absolute atomic E-state index is 0.197. The van der Waals surface area contributed by atoms with Gasteiger partial charge in [-0.2, -0.15) is 0 Å². The van der Waals surface area contributed by atoms with Crippen LogP contribution in [-0.2, 0) is 14.3 Å². The third-order valence-corrected chi connectivity index (χ3v) is 8.28. The zero-order valence-electron chi connectivity index (χ0n) is 27.7. The second-order valence-corrected chi connectivity index (χ2v) is 12.3. The van der Waals surface area contributed by atoms with Crippen molar-refractivity contribution in [3.8, 4) is 0 Å². The smallest absolute Gasteiger partial charge is 0.220 e. The van der Waals surface area contributed by atoms with Crippen molar-refractivity contribution >= 4 is 5.91 Å². The molecule has 258 valence electrons. The number of carbonyl (C=O) groups excluding carboxylic acids is 1. The summed E-state index contributed by atoms with van der Waals surface area (Å²) in [6.45, 7) is 3.66. The van der Waals surface area contributed by atoms with Crippen molar-refractivity contribution in [1.82, 2.24) is 5.32 Å². The van der Waals surface area contributed by atoms with E-state index in [2.05, 4.69) is 31.3 Å². The lowest BCUT2D eigenvalue weighted by molar-refractivity contribution is -0.302. The fourth-order valence-electron chi connectivity index (χ4n) is 5.34. The van der Waals surface area contributed by atoms with E-state index >= 15 is 0 Å². The first-order chi connectivity index (χ1) is 21.3. The normalized spacial score (nSPS) is 23.8. The summed E-state index contributed by atoms with van der Waals surface area (Å²) in [5.41, 5.74) is 0. The molecule has 7 unspecified atom stereocenters. The maximum absolute atomic E-state index is 12.7. The number of allylic oxidation sites excluding steroid dienone is 3. The van der Waals surface area contributed by atoms with Crippen molar-refractivity contribution in [3.05, 3.63) is 24.3 Å². The Morgan fingerprint density at radius 1 is 0.750 bits per heavy atom. The van der Waals surface area contributed by atoms with Crippen molar-refractivity contribution in [2.24, 2.45) is 0 Å². The average molecular weight is 628 g/mol. The number of carbonyl (C=O) groups is 1. The number of rotatable bonds is 27. The molecule has 0 aromatic heterocycles. The Morgan fingerprint density at radius 3 is 1.91 bits per heavy atom. The molecule has 0 aromatic rings. The summed E-state index contributed by atoms with van der Waals surface area (Å²) in [5, 5.41) is 53.6. The van der Waals surface area contributed by atoms with Crippen LogP contribution in [0.2, 0.25) is 0 Å². The molecule has 7 atom stereocenters. The highest BCUT2D eigenvalue weighted by Crippen LogP contribution is 2.22. The van der Waals surface area contributed by atoms with Gasteiger partial charge in [0.15, 0.2) is 6.29 Å². The Labute approximate surface area is 267 Å². The highest BCUT2D eigenvalue weighted by molar-refractivity contribution is 5.76. The summed E-state index contributed by atoms with van der Waals surface area (Å²) in [7, 11) is 0. The minimum atomic E-state index is -1.57. The summed E-state index contributed by atoms with van der Waals surface area (Å²) in [4.78, 5) is 12.7. The van der Waals surface area contributed by atoms with Crippen LogP contribution in [0, 0.1) is 0 Å². The van der Waals surface area contributed by atoms with E-state index in [1.165, 1.54) is 77.0 Å². The molecule has 0 spiro atoms. The van der Waals surface area contributed by atoms with E-state index in [-0.39, 0.29) is 12.5 Å². The standard InChI is InChI=1S/C35H65NO8/c1-3-5-7-9-11-12-13-14-15-16-17-19-20-22-24-29(38)28(36-31(39)25-23-21-18-10-8-6-4-2)27-43-35-34(42)33(41)32(40)30(26-37)44-35/h16-17,22,24,28-30,32-35,37-38,40-42H,3-15,18-21,23,25-27H2,1-2H3,(H,36,39)/b17-16+,24-22+. The van der Waals surface area contributed by atoms with Gasteiger partial charge in [-0.15, -0.1) is 0 Å². The predicted molar refractivity (Wildman–Crippen MR) is 175 cm³/mol. The van der Waals surface area contributed by atoms with E-state index in [0.29, 0.717) is 6.42 Å². The number of aliphatic hydroxyl groups is 5. The van der Waals surface area contributed by atoms with Gasteiger partial charge in [0.25, 0.3) is 0 Å². The molecule has 9 nitrogen and oxygen atoms in total. The van der Waals surface area contributed by atoms with Gasteiger partial charge in [-0.3, -0.25) is 4.79 Å². The second-order valence-electron chi connectivity index (χ2n) is 12.3. The summed E-state index contributed by atoms with van der Waals surface area (Å²) < 4.78 is 11.1. The number of ether oxygens (including phenoxy) is 2. The zero-order chi connectivity index (χ0) is 32.4. The van der Waals surface area contributed by atoms with Crippen molar-refractivity contribution < 1.29 is 39.8 Å². The lowest BCUT2D eigenvalue weighted by atomic mass is 9.99. The lowest BCUT2D eigenvalue weighted by Crippen LogP contribution is -2.60. The maximum Gasteiger partial charge on any atom is 0.220 e. The van der Waals surface area contributed by atoms with Crippen LogP contribution in [0.1, 0.15) is 136 Å². The maximum atomic E-state index is 12.7. The van der Waals surface area contributed by atoms with Crippen LogP contribution < -0.4 is 5.32 Å². The van der Waals surface area contributed by atoms with Gasteiger partial charge in [-0.05, 0) is 32.1 Å². The SMILES string of the molecule is CCCCCCCCCC/C=C/CC/C=C/C(O)C(COC1OC(CO)C(O)C(O)C1O)NC(=O)CCCCCCCCC. The Balaban J connectivity index is 2.52. The fourth-order valence-corrected chi connectivity index (χ4v) is 5.34. The highest BCUT2D eigenvalue weighted by atomic mass is 16.7. The number of amides is 1. The van der Waals surface area contributed by atoms with Crippen molar-refractivity contribution in [2.75, 3.05) is 13.2 Å². The lowest BCUT2D eigenvalue weighted by Gasteiger charge is -2.40. The predicted octanol–water partition coefficient (Wildman–Crippen LogP) is 5.21. The molecular weight excluding hydrogens is 562 g/mol. The minimum Gasteiger partial charge on any atom is -0.394 e. The van der Waals surface area contributed by atoms with Crippen molar-refractivity contribution in [1.29, 1.82) is 0 Å². The van der Waals surface area contributed by atoms with Crippen LogP contribution in [0.25, 0.3) is 0 Å². The van der Waals surface area contributed by atoms with E-state index in [4.69, 9.17) is 9.47 Å². The zero-order valence-corrected chi connectivity index (χ0v) is 27.7. The molecule has 1 rings (SSSR count). The molecule has 0 saturated carbocycles. The molecule has 0 radical (unpaired) electrons. The van der Waals surface area contributed by atoms with Gasteiger partial charge in [0.1, 0.15) is 24.4 Å². The van der Waals surface area contributed by atoms with E-state index in [1.807, 2.05) is 6.08 Å². The third-order valence-electron chi connectivity index (χ3n) is 8.28. The molecule has 0 bridgehead atoms. The molecule has 0 aromatic carbocycles. The molecule has 1 aliphatic heterocycles. The van der Waals surface area contributed by atoms with E-state index in [0.717, 1.165) is 38.5 Å². The van der Waals surface area contributed by atoms with E-state index < -0.39 is 49.5 Å². The van der Waals surface area contributed by atoms with Gasteiger partial charge in [-0.25, -0.2) is 0 Å². The summed E-state index contributed by atoms with van der Waals surface area (Å²) >= 11 is 0. The molecule has 1 heterocycles. The quantitative estimate of drug-likeness (QED) is 0.0537. The topological polar surface area (TPSA) is 149 Å². The molecule has 1 saturated heterocycles. The Hall–Kier alpha value is -1.33. The first-order valence-electron chi connectivity index (χ1n) is 17.6. The van der Waals surface area contributed by atoms with Crippen molar-refractivity contribution in [3.63, 3.8) is 0 Å². The van der Waals surface area contributed by atoms with Crippen molar-refractivity contribution in [2.45, 2.75) is 179 Å². The number of hydrogen-bond donors (Lipinski definition) is 6. The largest absolute Gasteiger partial charge is 0.394 e. The van der Waals surface area contributed by atoms with Gasteiger partial charge in [0, 0.05) is 6.42 Å². The molecule has 1 fully saturated rings. The Morgan fingerprint density at radius 2 is 1.30 bits per heavy atom. The van der Waals surface area contributed by atoms with Crippen LogP contribution in [0.15, 0.2) is 24.3 Å². The second kappa shape index (κ2) is 26.8. The average Bonchev–Trinajstić information content (AvgIpc) is 3.02. The summed E-state index contributed by atoms with van der Waals surface area (Å²) in [6, 6.07) is -0.812. The number of aliphatic hydroxyl groups excluding tert-OH is 5. The molecular formula is C35H65NO8. The van der Waals surface area contributed by atoms with E-state index in [9.17, 15) is 30.3 Å². The first-order valence-corrected chi connectivity index (χ1v) is 17.6. The first kappa shape index (κ1) is 40.7. The van der Waals surface area contributed by atoms with E-state index in [1.54, 1.807) is 6.08 Å².